The molecule has 3 rings (SSSR count). The van der Waals surface area contributed by atoms with Crippen LogP contribution in [0, 0.1) is 12.7 Å². The molecule has 6 nitrogen and oxygen atoms in total. The molecule has 0 bridgehead atoms. The lowest BCUT2D eigenvalue weighted by Crippen LogP contribution is -2.38. The van der Waals surface area contributed by atoms with Gasteiger partial charge in [0.2, 0.25) is 5.91 Å². The number of halogens is 2. The molecule has 0 spiro atoms. The van der Waals surface area contributed by atoms with Gasteiger partial charge >= 0.3 is 0 Å². The molecule has 0 heterocycles. The van der Waals surface area contributed by atoms with Crippen molar-refractivity contribution in [3.8, 4) is 5.75 Å². The number of carbonyl (C=O) groups is 1. The second-order valence-corrected chi connectivity index (χ2v) is 9.45. The van der Waals surface area contributed by atoms with E-state index in [1.807, 2.05) is 0 Å². The van der Waals surface area contributed by atoms with Crippen molar-refractivity contribution in [3.63, 3.8) is 0 Å². The molecule has 3 aromatic rings. The molecule has 0 aliphatic heterocycles. The Balaban J connectivity index is 2.01. The van der Waals surface area contributed by atoms with Gasteiger partial charge in [0, 0.05) is 10.2 Å². The number of hydrogen-bond acceptors (Lipinski definition) is 4. The summed E-state index contributed by atoms with van der Waals surface area (Å²) in [6.07, 6.45) is 0. The lowest BCUT2D eigenvalue weighted by Gasteiger charge is -2.25. The number of amides is 1. The van der Waals surface area contributed by atoms with Crippen LogP contribution in [-0.2, 0) is 14.8 Å². The number of carbonyl (C=O) groups excluding carboxylic acids is 1. The summed E-state index contributed by atoms with van der Waals surface area (Å²) in [6, 6.07) is 16.5. The van der Waals surface area contributed by atoms with Gasteiger partial charge in [-0.15, -0.1) is 0 Å². The van der Waals surface area contributed by atoms with Crippen LogP contribution in [0.5, 0.6) is 5.75 Å². The molecule has 0 saturated heterocycles. The standard InChI is InChI=1S/C22H20BrFN2O4S/c1-15-6-11-20(30-2)21(12-15)31(28,29)26(19-9-7-17(24)8-10-19)14-22(27)25-18-5-3-4-16(23)13-18/h3-13H,14H2,1-2H3,(H,25,27). The molecule has 3 aromatic carbocycles. The molecule has 0 radical (unpaired) electrons. The number of nitrogens with zero attached hydrogens (tertiary/aromatic N) is 1. The first-order valence-electron chi connectivity index (χ1n) is 9.19. The third-order valence-corrected chi connectivity index (χ3v) is 6.69. The highest BCUT2D eigenvalue weighted by Gasteiger charge is 2.30. The topological polar surface area (TPSA) is 75.7 Å². The highest BCUT2D eigenvalue weighted by Crippen LogP contribution is 2.31. The molecule has 31 heavy (non-hydrogen) atoms. The molecule has 0 unspecified atom stereocenters. The van der Waals surface area contributed by atoms with Crippen LogP contribution in [0.2, 0.25) is 0 Å². The van der Waals surface area contributed by atoms with E-state index in [-0.39, 0.29) is 16.3 Å². The molecule has 9 heteroatoms. The molecule has 0 aliphatic rings. The van der Waals surface area contributed by atoms with Crippen LogP contribution in [0.4, 0.5) is 15.8 Å². The van der Waals surface area contributed by atoms with E-state index in [9.17, 15) is 17.6 Å². The second-order valence-electron chi connectivity index (χ2n) is 6.70. The highest BCUT2D eigenvalue weighted by molar-refractivity contribution is 9.10. The first-order valence-corrected chi connectivity index (χ1v) is 11.4. The van der Waals surface area contributed by atoms with Crippen molar-refractivity contribution in [3.05, 3.63) is 82.6 Å². The van der Waals surface area contributed by atoms with Gasteiger partial charge in [0.05, 0.1) is 12.8 Å². The Morgan fingerprint density at radius 1 is 1.10 bits per heavy atom. The quantitative estimate of drug-likeness (QED) is 0.502. The van der Waals surface area contributed by atoms with E-state index < -0.39 is 28.3 Å². The Bertz CT molecular complexity index is 1200. The van der Waals surface area contributed by atoms with E-state index in [0.717, 1.165) is 20.9 Å². The summed E-state index contributed by atoms with van der Waals surface area (Å²) < 4.78 is 47.5. The normalized spacial score (nSPS) is 11.1. The summed E-state index contributed by atoms with van der Waals surface area (Å²) in [7, 11) is -2.84. The van der Waals surface area contributed by atoms with Crippen LogP contribution in [0.1, 0.15) is 5.56 Å². The summed E-state index contributed by atoms with van der Waals surface area (Å²) in [6.45, 7) is 1.23. The first kappa shape index (κ1) is 22.8. The van der Waals surface area contributed by atoms with Gasteiger partial charge < -0.3 is 10.1 Å². The Labute approximate surface area is 188 Å². The molecule has 0 saturated carbocycles. The van der Waals surface area contributed by atoms with Crippen molar-refractivity contribution in [1.29, 1.82) is 0 Å². The van der Waals surface area contributed by atoms with Crippen LogP contribution in [0.15, 0.2) is 76.1 Å². The molecule has 1 N–H and O–H groups in total. The van der Waals surface area contributed by atoms with Crippen molar-refractivity contribution in [2.75, 3.05) is 23.3 Å². The summed E-state index contributed by atoms with van der Waals surface area (Å²) in [5, 5.41) is 2.68. The lowest BCUT2D eigenvalue weighted by atomic mass is 10.2. The first-order chi connectivity index (χ1) is 14.7. The van der Waals surface area contributed by atoms with Gasteiger partial charge in [-0.3, -0.25) is 9.10 Å². The van der Waals surface area contributed by atoms with Crippen molar-refractivity contribution in [2.45, 2.75) is 11.8 Å². The predicted molar refractivity (Wildman–Crippen MR) is 121 cm³/mol. The Morgan fingerprint density at radius 3 is 2.45 bits per heavy atom. The lowest BCUT2D eigenvalue weighted by molar-refractivity contribution is -0.114. The number of aryl methyl sites for hydroxylation is 1. The number of benzene rings is 3. The summed E-state index contributed by atoms with van der Waals surface area (Å²) in [5.74, 6) is -0.935. The van der Waals surface area contributed by atoms with Crippen molar-refractivity contribution in [1.82, 2.24) is 0 Å². The van der Waals surface area contributed by atoms with Crippen molar-refractivity contribution in [2.24, 2.45) is 0 Å². The van der Waals surface area contributed by atoms with Crippen LogP contribution in [0.25, 0.3) is 0 Å². The van der Waals surface area contributed by atoms with Gasteiger partial charge in [-0.1, -0.05) is 28.1 Å². The van der Waals surface area contributed by atoms with Gasteiger partial charge in [-0.25, -0.2) is 12.8 Å². The average molecular weight is 507 g/mol. The van der Waals surface area contributed by atoms with E-state index in [2.05, 4.69) is 21.2 Å². The zero-order valence-electron chi connectivity index (χ0n) is 16.8. The zero-order valence-corrected chi connectivity index (χ0v) is 19.2. The molecular weight excluding hydrogens is 487 g/mol. The number of sulfonamides is 1. The largest absolute Gasteiger partial charge is 0.495 e. The van der Waals surface area contributed by atoms with E-state index in [0.29, 0.717) is 11.3 Å². The smallest absolute Gasteiger partial charge is 0.268 e. The maximum Gasteiger partial charge on any atom is 0.268 e. The minimum atomic E-state index is -4.21. The Hall–Kier alpha value is -2.91. The number of nitrogens with one attached hydrogen (secondary N) is 1. The van der Waals surface area contributed by atoms with E-state index in [1.54, 1.807) is 43.3 Å². The molecule has 162 valence electrons. The Kier molecular flexibility index (Phi) is 6.97. The van der Waals surface area contributed by atoms with Crippen LogP contribution >= 0.6 is 15.9 Å². The van der Waals surface area contributed by atoms with Gasteiger partial charge in [-0.2, -0.15) is 0 Å². The fourth-order valence-corrected chi connectivity index (χ4v) is 4.99. The third kappa shape index (κ3) is 5.42. The number of anilines is 2. The molecule has 0 fully saturated rings. The van der Waals surface area contributed by atoms with Crippen molar-refractivity contribution < 1.29 is 22.3 Å². The molecular formula is C22H20BrFN2O4S. The van der Waals surface area contributed by atoms with Crippen LogP contribution < -0.4 is 14.4 Å². The Morgan fingerprint density at radius 2 is 1.81 bits per heavy atom. The maximum atomic E-state index is 13.6. The third-order valence-electron chi connectivity index (χ3n) is 4.40. The zero-order chi connectivity index (χ0) is 22.6. The van der Waals surface area contributed by atoms with Crippen LogP contribution in [-0.4, -0.2) is 28.0 Å². The highest BCUT2D eigenvalue weighted by atomic mass is 79.9. The number of ether oxygens (including phenoxy) is 1. The molecule has 0 atom stereocenters. The van der Waals surface area contributed by atoms with Gasteiger partial charge in [0.15, 0.2) is 0 Å². The van der Waals surface area contributed by atoms with E-state index in [1.165, 1.54) is 25.3 Å². The summed E-state index contributed by atoms with van der Waals surface area (Å²) in [5.41, 5.74) is 1.36. The van der Waals surface area contributed by atoms with Gasteiger partial charge in [-0.05, 0) is 67.1 Å². The summed E-state index contributed by atoms with van der Waals surface area (Å²) >= 11 is 3.32. The summed E-state index contributed by atoms with van der Waals surface area (Å²) in [4.78, 5) is 12.6. The van der Waals surface area contributed by atoms with Gasteiger partial charge in [0.25, 0.3) is 10.0 Å². The number of methoxy groups -OCH3 is 1. The molecule has 0 aliphatic carbocycles. The van der Waals surface area contributed by atoms with E-state index >= 15 is 0 Å². The fourth-order valence-electron chi connectivity index (χ4n) is 2.92. The minimum absolute atomic E-state index is 0.0884. The van der Waals surface area contributed by atoms with Gasteiger partial charge in [0.1, 0.15) is 23.0 Å². The fraction of sp³-hybridized carbons (Fsp3) is 0.136. The SMILES string of the molecule is COc1ccc(C)cc1S(=O)(=O)N(CC(=O)Nc1cccc(Br)c1)c1ccc(F)cc1. The average Bonchev–Trinajstić information content (AvgIpc) is 2.72. The molecule has 1 amide bonds. The van der Waals surface area contributed by atoms with E-state index in [4.69, 9.17) is 4.74 Å². The number of hydrogen-bond donors (Lipinski definition) is 1. The maximum absolute atomic E-state index is 13.6. The predicted octanol–water partition coefficient (Wildman–Crippen LogP) is 4.74. The monoisotopic (exact) mass is 506 g/mol. The second kappa shape index (κ2) is 9.49. The molecule has 0 aromatic heterocycles. The van der Waals surface area contributed by atoms with Crippen LogP contribution in [0.3, 0.4) is 0 Å². The minimum Gasteiger partial charge on any atom is -0.495 e. The number of rotatable bonds is 7. The van der Waals surface area contributed by atoms with Crippen molar-refractivity contribution >= 4 is 43.2 Å².